The highest BCUT2D eigenvalue weighted by atomic mass is 19.4. The highest BCUT2D eigenvalue weighted by Gasteiger charge is 2.31. The van der Waals surface area contributed by atoms with Crippen molar-refractivity contribution in [3.05, 3.63) is 29.8 Å². The molecule has 0 spiro atoms. The Hall–Kier alpha value is -1.60. The fourth-order valence-electron chi connectivity index (χ4n) is 1.64. The highest BCUT2D eigenvalue weighted by Crippen LogP contribution is 2.23. The average molecular weight is 291 g/mol. The molecule has 0 aliphatic rings. The molecule has 2 N–H and O–H groups in total. The molecule has 0 aliphatic heterocycles. The van der Waals surface area contributed by atoms with Gasteiger partial charge in [0.25, 0.3) is 0 Å². The van der Waals surface area contributed by atoms with Crippen LogP contribution >= 0.6 is 0 Å². The van der Waals surface area contributed by atoms with Crippen LogP contribution in [0.25, 0.3) is 0 Å². The van der Waals surface area contributed by atoms with E-state index in [4.69, 9.17) is 10.5 Å². The molecule has 0 aliphatic carbocycles. The Labute approximate surface area is 114 Å². The second kappa shape index (κ2) is 7.25. The number of carbonyl (C=O) groups excluding carboxylic acids is 1. The van der Waals surface area contributed by atoms with Gasteiger partial charge in [-0.1, -0.05) is 12.1 Å². The van der Waals surface area contributed by atoms with Gasteiger partial charge >= 0.3 is 6.36 Å². The maximum atomic E-state index is 12.1. The standard InChI is InChI=1S/C13H16F3NO3/c1-19-7-3-6-11(17)12(18)9-4-2-5-10(8-9)20-13(14,15)16/h2,4-5,8,11H,3,6-7,17H2,1H3. The predicted molar refractivity (Wildman–Crippen MR) is 66.5 cm³/mol. The smallest absolute Gasteiger partial charge is 0.406 e. The number of halogens is 3. The van der Waals surface area contributed by atoms with Crippen LogP contribution in [0, 0.1) is 0 Å². The number of alkyl halides is 3. The second-order valence-electron chi connectivity index (χ2n) is 4.18. The van der Waals surface area contributed by atoms with E-state index >= 15 is 0 Å². The van der Waals surface area contributed by atoms with Crippen molar-refractivity contribution in [2.24, 2.45) is 5.73 Å². The topological polar surface area (TPSA) is 61.5 Å². The Morgan fingerprint density at radius 3 is 2.70 bits per heavy atom. The lowest BCUT2D eigenvalue weighted by molar-refractivity contribution is -0.274. The van der Waals surface area contributed by atoms with Crippen LogP contribution in [0.5, 0.6) is 5.75 Å². The van der Waals surface area contributed by atoms with Crippen LogP contribution < -0.4 is 10.5 Å². The predicted octanol–water partition coefficient (Wildman–Crippen LogP) is 2.52. The molecule has 0 amide bonds. The largest absolute Gasteiger partial charge is 0.573 e. The molecule has 1 aromatic carbocycles. The number of rotatable bonds is 7. The van der Waals surface area contributed by atoms with Gasteiger partial charge in [0.15, 0.2) is 5.78 Å². The lowest BCUT2D eigenvalue weighted by atomic mass is 10.0. The highest BCUT2D eigenvalue weighted by molar-refractivity contribution is 6.00. The zero-order valence-corrected chi connectivity index (χ0v) is 10.9. The van der Waals surface area contributed by atoms with Crippen molar-refractivity contribution in [1.29, 1.82) is 0 Å². The summed E-state index contributed by atoms with van der Waals surface area (Å²) in [5, 5.41) is 0. The van der Waals surface area contributed by atoms with Gasteiger partial charge in [-0.2, -0.15) is 0 Å². The molecule has 0 heterocycles. The molecule has 0 bridgehead atoms. The lowest BCUT2D eigenvalue weighted by Gasteiger charge is -2.12. The molecule has 1 unspecified atom stereocenters. The van der Waals surface area contributed by atoms with Crippen LogP contribution in [0.1, 0.15) is 23.2 Å². The number of hydrogen-bond acceptors (Lipinski definition) is 4. The van der Waals surface area contributed by atoms with Crippen LogP contribution in [0.2, 0.25) is 0 Å². The molecule has 112 valence electrons. The van der Waals surface area contributed by atoms with Gasteiger partial charge in [0, 0.05) is 19.3 Å². The Kier molecular flexibility index (Phi) is 5.97. The summed E-state index contributed by atoms with van der Waals surface area (Å²) < 4.78 is 44.9. The summed E-state index contributed by atoms with van der Waals surface area (Å²) in [7, 11) is 1.53. The summed E-state index contributed by atoms with van der Waals surface area (Å²) in [4.78, 5) is 12.0. The molecule has 0 saturated carbocycles. The first-order valence-electron chi connectivity index (χ1n) is 5.98. The summed E-state index contributed by atoms with van der Waals surface area (Å²) >= 11 is 0. The van der Waals surface area contributed by atoms with Crippen LogP contribution in [0.4, 0.5) is 13.2 Å². The van der Waals surface area contributed by atoms with Crippen LogP contribution in [-0.4, -0.2) is 31.9 Å². The molecule has 1 atom stereocenters. The van der Waals surface area contributed by atoms with Crippen molar-refractivity contribution in [2.75, 3.05) is 13.7 Å². The molecule has 7 heteroatoms. The lowest BCUT2D eigenvalue weighted by Crippen LogP contribution is -2.30. The number of nitrogens with two attached hydrogens (primary N) is 1. The maximum absolute atomic E-state index is 12.1. The van der Waals surface area contributed by atoms with Crippen LogP contribution in [0.3, 0.4) is 0 Å². The minimum Gasteiger partial charge on any atom is -0.406 e. The number of ether oxygens (including phenoxy) is 2. The number of ketones is 1. The SMILES string of the molecule is COCCCC(N)C(=O)c1cccc(OC(F)(F)F)c1. The van der Waals surface area contributed by atoms with Gasteiger partial charge in [-0.05, 0) is 25.0 Å². The molecule has 0 saturated heterocycles. The molecular weight excluding hydrogens is 275 g/mol. The zero-order valence-electron chi connectivity index (χ0n) is 10.9. The minimum atomic E-state index is -4.79. The monoisotopic (exact) mass is 291 g/mol. The summed E-state index contributed by atoms with van der Waals surface area (Å²) in [6.07, 6.45) is -3.79. The first-order valence-corrected chi connectivity index (χ1v) is 5.98. The summed E-state index contributed by atoms with van der Waals surface area (Å²) in [5.74, 6) is -0.860. The van der Waals surface area contributed by atoms with E-state index in [1.54, 1.807) is 0 Å². The first-order chi connectivity index (χ1) is 9.33. The Bertz CT molecular complexity index is 449. The van der Waals surface area contributed by atoms with E-state index in [1.165, 1.54) is 19.2 Å². The van der Waals surface area contributed by atoms with Gasteiger partial charge in [-0.15, -0.1) is 13.2 Å². The number of methoxy groups -OCH3 is 1. The third kappa shape index (κ3) is 5.58. The van der Waals surface area contributed by atoms with Crippen LogP contribution in [-0.2, 0) is 4.74 Å². The number of benzene rings is 1. The molecule has 20 heavy (non-hydrogen) atoms. The summed E-state index contributed by atoms with van der Waals surface area (Å²) in [6.45, 7) is 0.470. The Balaban J connectivity index is 2.70. The van der Waals surface area contributed by atoms with Crippen molar-refractivity contribution >= 4 is 5.78 Å². The van der Waals surface area contributed by atoms with Gasteiger partial charge in [0.1, 0.15) is 5.75 Å². The number of carbonyl (C=O) groups is 1. The fraction of sp³-hybridized carbons (Fsp3) is 0.462. The van der Waals surface area contributed by atoms with Gasteiger partial charge in [0.2, 0.25) is 0 Å². The molecule has 1 rings (SSSR count). The van der Waals surface area contributed by atoms with E-state index in [2.05, 4.69) is 4.74 Å². The normalized spacial score (nSPS) is 13.1. The quantitative estimate of drug-likeness (QED) is 0.619. The first kappa shape index (κ1) is 16.5. The third-order valence-corrected chi connectivity index (χ3v) is 2.55. The van der Waals surface area contributed by atoms with E-state index in [0.29, 0.717) is 19.4 Å². The van der Waals surface area contributed by atoms with Gasteiger partial charge in [-0.3, -0.25) is 4.79 Å². The molecule has 0 radical (unpaired) electrons. The average Bonchev–Trinajstić information content (AvgIpc) is 2.36. The fourth-order valence-corrected chi connectivity index (χ4v) is 1.64. The van der Waals surface area contributed by atoms with Gasteiger partial charge < -0.3 is 15.2 Å². The van der Waals surface area contributed by atoms with Gasteiger partial charge in [-0.25, -0.2) is 0 Å². The van der Waals surface area contributed by atoms with E-state index in [1.807, 2.05) is 0 Å². The molecule has 0 aromatic heterocycles. The van der Waals surface area contributed by atoms with Crippen LogP contribution in [0.15, 0.2) is 24.3 Å². The molecule has 4 nitrogen and oxygen atoms in total. The van der Waals surface area contributed by atoms with Crippen molar-refractivity contribution in [3.63, 3.8) is 0 Å². The summed E-state index contributed by atoms with van der Waals surface area (Å²) in [6, 6.07) is 4.11. The van der Waals surface area contributed by atoms with E-state index in [0.717, 1.165) is 12.1 Å². The summed E-state index contributed by atoms with van der Waals surface area (Å²) in [5.41, 5.74) is 5.79. The van der Waals surface area contributed by atoms with Crippen molar-refractivity contribution in [3.8, 4) is 5.75 Å². The molecule has 1 aromatic rings. The van der Waals surface area contributed by atoms with E-state index < -0.39 is 23.9 Å². The van der Waals surface area contributed by atoms with Crippen molar-refractivity contribution in [2.45, 2.75) is 25.2 Å². The van der Waals surface area contributed by atoms with Gasteiger partial charge in [0.05, 0.1) is 6.04 Å². The van der Waals surface area contributed by atoms with Crippen molar-refractivity contribution in [1.82, 2.24) is 0 Å². The van der Waals surface area contributed by atoms with Crippen molar-refractivity contribution < 1.29 is 27.4 Å². The maximum Gasteiger partial charge on any atom is 0.573 e. The Morgan fingerprint density at radius 2 is 2.10 bits per heavy atom. The second-order valence-corrected chi connectivity index (χ2v) is 4.18. The van der Waals surface area contributed by atoms with E-state index in [9.17, 15) is 18.0 Å². The van der Waals surface area contributed by atoms with E-state index in [-0.39, 0.29) is 5.56 Å². The minimum absolute atomic E-state index is 0.0941. The number of hydrogen-bond donors (Lipinski definition) is 1. The Morgan fingerprint density at radius 1 is 1.40 bits per heavy atom. The molecule has 0 fully saturated rings. The third-order valence-electron chi connectivity index (χ3n) is 2.55. The number of Topliss-reactive ketones (excluding diaryl/α,β-unsaturated/α-hetero) is 1. The zero-order chi connectivity index (χ0) is 15.2. The molecular formula is C13H16F3NO3.